The zero-order valence-electron chi connectivity index (χ0n) is 15.1. The van der Waals surface area contributed by atoms with Crippen LogP contribution in [0.15, 0.2) is 84.9 Å². The van der Waals surface area contributed by atoms with E-state index in [0.29, 0.717) is 5.56 Å². The van der Waals surface area contributed by atoms with Crippen molar-refractivity contribution < 1.29 is 9.59 Å². The number of carbonyl (C=O) groups excluding carboxylic acids is 2. The zero-order chi connectivity index (χ0) is 19.1. The number of hydrogen-bond acceptors (Lipinski definition) is 2. The van der Waals surface area contributed by atoms with E-state index in [4.69, 9.17) is 0 Å². The summed E-state index contributed by atoms with van der Waals surface area (Å²) < 4.78 is 0. The molecule has 0 bridgehead atoms. The highest BCUT2D eigenvalue weighted by molar-refractivity contribution is 6.02. The topological polar surface area (TPSA) is 58.2 Å². The summed E-state index contributed by atoms with van der Waals surface area (Å²) in [5.41, 5.74) is 5.99. The lowest BCUT2D eigenvalue weighted by Gasteiger charge is -2.36. The average molecular weight is 366 g/mol. The molecule has 1 aliphatic carbocycles. The summed E-state index contributed by atoms with van der Waals surface area (Å²) in [6.45, 7) is 0. The van der Waals surface area contributed by atoms with Crippen LogP contribution in [0.3, 0.4) is 0 Å². The molecular formula is C24H18N2O2. The van der Waals surface area contributed by atoms with Crippen molar-refractivity contribution in [2.45, 2.75) is 12.1 Å². The molecule has 0 unspecified atom stereocenters. The molecule has 0 spiro atoms. The Hall–Kier alpha value is -3.66. The molecule has 2 aliphatic rings. The Morgan fingerprint density at radius 3 is 2.21 bits per heavy atom. The smallest absolute Gasteiger partial charge is 0.252 e. The van der Waals surface area contributed by atoms with E-state index in [-0.39, 0.29) is 17.9 Å². The molecule has 1 aliphatic heterocycles. The average Bonchev–Trinajstić information content (AvgIpc) is 2.75. The van der Waals surface area contributed by atoms with Crippen molar-refractivity contribution >= 4 is 17.4 Å². The molecule has 28 heavy (non-hydrogen) atoms. The summed E-state index contributed by atoms with van der Waals surface area (Å²) in [7, 11) is 0. The van der Waals surface area contributed by atoms with Gasteiger partial charge in [-0.25, -0.2) is 0 Å². The Kier molecular flexibility index (Phi) is 3.83. The third-order valence-electron chi connectivity index (χ3n) is 5.35. The van der Waals surface area contributed by atoms with Gasteiger partial charge in [-0.1, -0.05) is 66.7 Å². The Morgan fingerprint density at radius 1 is 0.786 bits per heavy atom. The molecule has 2 amide bonds. The molecule has 2 atom stereocenters. The van der Waals surface area contributed by atoms with Gasteiger partial charge in [0.25, 0.3) is 5.91 Å². The fourth-order valence-electron chi connectivity index (χ4n) is 4.04. The monoisotopic (exact) mass is 366 g/mol. The Labute approximate surface area is 162 Å². The van der Waals surface area contributed by atoms with E-state index >= 15 is 0 Å². The van der Waals surface area contributed by atoms with Crippen molar-refractivity contribution in [1.82, 2.24) is 10.6 Å². The zero-order valence-corrected chi connectivity index (χ0v) is 15.1. The van der Waals surface area contributed by atoms with Gasteiger partial charge in [-0.3, -0.25) is 9.59 Å². The first-order valence-corrected chi connectivity index (χ1v) is 9.29. The fourth-order valence-corrected chi connectivity index (χ4v) is 4.04. The Balaban J connectivity index is 1.56. The van der Waals surface area contributed by atoms with Crippen LogP contribution >= 0.6 is 0 Å². The molecule has 4 nitrogen and oxygen atoms in total. The maximum Gasteiger partial charge on any atom is 0.252 e. The Bertz CT molecular complexity index is 1120. The van der Waals surface area contributed by atoms with Gasteiger partial charge >= 0.3 is 0 Å². The van der Waals surface area contributed by atoms with Crippen molar-refractivity contribution in [2.24, 2.45) is 0 Å². The van der Waals surface area contributed by atoms with Gasteiger partial charge in [0.2, 0.25) is 5.91 Å². The largest absolute Gasteiger partial charge is 0.343 e. The predicted octanol–water partition coefficient (Wildman–Crippen LogP) is 3.72. The highest BCUT2D eigenvalue weighted by atomic mass is 16.2. The Morgan fingerprint density at radius 2 is 1.43 bits per heavy atom. The summed E-state index contributed by atoms with van der Waals surface area (Å²) >= 11 is 0. The first-order valence-electron chi connectivity index (χ1n) is 9.29. The van der Waals surface area contributed by atoms with Crippen LogP contribution in [0.2, 0.25) is 0 Å². The van der Waals surface area contributed by atoms with Gasteiger partial charge in [0.1, 0.15) is 6.04 Å². The lowest BCUT2D eigenvalue weighted by atomic mass is 9.77. The minimum Gasteiger partial charge on any atom is -0.343 e. The lowest BCUT2D eigenvalue weighted by Crippen LogP contribution is -2.50. The second-order valence-corrected chi connectivity index (χ2v) is 7.01. The number of amides is 2. The standard InChI is InChI=1S/C24H18N2O2/c27-23(15-8-2-1-3-9-15)25-21-14-20-18-12-5-4-10-16(18)17-11-6-7-13-19(17)22(20)26-24(21)28/h1-14,21-22H,(H,25,27)(H,26,28)/t21-,22+/m0/s1. The summed E-state index contributed by atoms with van der Waals surface area (Å²) in [5.74, 6) is -0.465. The number of fused-ring (bicyclic) bond motifs is 6. The van der Waals surface area contributed by atoms with Gasteiger partial charge in [0.15, 0.2) is 0 Å². The van der Waals surface area contributed by atoms with Crippen LogP contribution in [-0.2, 0) is 4.79 Å². The quantitative estimate of drug-likeness (QED) is 0.726. The van der Waals surface area contributed by atoms with Gasteiger partial charge < -0.3 is 10.6 Å². The highest BCUT2D eigenvalue weighted by Gasteiger charge is 2.36. The molecule has 3 aromatic rings. The molecule has 3 aromatic carbocycles. The maximum atomic E-state index is 12.8. The van der Waals surface area contributed by atoms with Gasteiger partial charge in [-0.2, -0.15) is 0 Å². The van der Waals surface area contributed by atoms with E-state index < -0.39 is 6.04 Å². The van der Waals surface area contributed by atoms with Crippen molar-refractivity contribution in [3.63, 3.8) is 0 Å². The van der Waals surface area contributed by atoms with E-state index in [9.17, 15) is 9.59 Å². The molecule has 0 saturated carbocycles. The van der Waals surface area contributed by atoms with Crippen LogP contribution in [0.5, 0.6) is 0 Å². The normalized spacial score (nSPS) is 19.4. The lowest BCUT2D eigenvalue weighted by molar-refractivity contribution is -0.122. The summed E-state index contributed by atoms with van der Waals surface area (Å²) in [5, 5.41) is 5.95. The van der Waals surface area contributed by atoms with Crippen molar-refractivity contribution in [3.05, 3.63) is 102 Å². The minimum absolute atomic E-state index is 0.202. The minimum atomic E-state index is -0.711. The predicted molar refractivity (Wildman–Crippen MR) is 108 cm³/mol. The number of rotatable bonds is 2. The molecular weight excluding hydrogens is 348 g/mol. The van der Waals surface area contributed by atoms with E-state index in [0.717, 1.165) is 27.8 Å². The van der Waals surface area contributed by atoms with E-state index in [1.807, 2.05) is 42.5 Å². The molecule has 0 fully saturated rings. The molecule has 2 N–H and O–H groups in total. The number of nitrogens with one attached hydrogen (secondary N) is 2. The molecule has 1 heterocycles. The third kappa shape index (κ3) is 2.62. The van der Waals surface area contributed by atoms with Crippen LogP contribution < -0.4 is 10.6 Å². The second-order valence-electron chi connectivity index (χ2n) is 7.01. The summed E-state index contributed by atoms with van der Waals surface area (Å²) in [6, 6.07) is 24.3. The number of benzene rings is 3. The molecule has 0 radical (unpaired) electrons. The van der Waals surface area contributed by atoms with Crippen LogP contribution in [0.4, 0.5) is 0 Å². The molecule has 0 saturated heterocycles. The van der Waals surface area contributed by atoms with Gasteiger partial charge in [-0.05, 0) is 46.0 Å². The molecule has 0 aromatic heterocycles. The van der Waals surface area contributed by atoms with Crippen LogP contribution in [0, 0.1) is 0 Å². The summed E-state index contributed by atoms with van der Waals surface area (Å²) in [6.07, 6.45) is 1.89. The summed E-state index contributed by atoms with van der Waals surface area (Å²) in [4.78, 5) is 25.3. The maximum absolute atomic E-state index is 12.8. The first-order chi connectivity index (χ1) is 13.7. The van der Waals surface area contributed by atoms with E-state index in [1.54, 1.807) is 24.3 Å². The van der Waals surface area contributed by atoms with E-state index in [2.05, 4.69) is 28.8 Å². The first kappa shape index (κ1) is 16.5. The molecule has 4 heteroatoms. The van der Waals surface area contributed by atoms with Crippen LogP contribution in [0.1, 0.15) is 27.5 Å². The fraction of sp³-hybridized carbons (Fsp3) is 0.0833. The van der Waals surface area contributed by atoms with Gasteiger partial charge in [-0.15, -0.1) is 0 Å². The molecule has 5 rings (SSSR count). The van der Waals surface area contributed by atoms with Crippen LogP contribution in [-0.4, -0.2) is 17.9 Å². The SMILES string of the molecule is O=C(N[C@H]1C=C2c3ccccc3-c3ccccc3[C@H]2NC1=O)c1ccccc1. The number of carbonyl (C=O) groups is 2. The van der Waals surface area contributed by atoms with Crippen molar-refractivity contribution in [2.75, 3.05) is 0 Å². The van der Waals surface area contributed by atoms with Gasteiger partial charge in [0.05, 0.1) is 6.04 Å². The molecule has 136 valence electrons. The third-order valence-corrected chi connectivity index (χ3v) is 5.35. The van der Waals surface area contributed by atoms with Crippen molar-refractivity contribution in [3.8, 4) is 11.1 Å². The highest BCUT2D eigenvalue weighted by Crippen LogP contribution is 2.46. The van der Waals surface area contributed by atoms with Crippen LogP contribution in [0.25, 0.3) is 16.7 Å². The second kappa shape index (κ2) is 6.50. The number of hydrogen-bond donors (Lipinski definition) is 2. The van der Waals surface area contributed by atoms with Gasteiger partial charge in [0, 0.05) is 5.56 Å². The van der Waals surface area contributed by atoms with E-state index in [1.165, 1.54) is 0 Å². The van der Waals surface area contributed by atoms with Crippen molar-refractivity contribution in [1.29, 1.82) is 0 Å².